The fraction of sp³-hybridized carbons (Fsp3) is 0.375. The van der Waals surface area contributed by atoms with E-state index in [9.17, 15) is 4.21 Å². The highest BCUT2D eigenvalue weighted by Crippen LogP contribution is 2.25. The van der Waals surface area contributed by atoms with Crippen molar-refractivity contribution in [3.05, 3.63) is 30.5 Å². The Morgan fingerprint density at radius 3 is 2.81 bits per heavy atom. The first-order valence-electron chi connectivity index (χ1n) is 8.28. The van der Waals surface area contributed by atoms with Crippen LogP contribution in [0.2, 0.25) is 0 Å². The monoisotopic (exact) mass is 373 g/mol. The first-order chi connectivity index (χ1) is 12.6. The van der Waals surface area contributed by atoms with Crippen LogP contribution in [0.15, 0.2) is 30.5 Å². The number of hydrogen-bond acceptors (Lipinski definition) is 7. The van der Waals surface area contributed by atoms with Crippen LogP contribution in [-0.4, -0.2) is 47.6 Å². The minimum Gasteiger partial charge on any atom is -0.497 e. The summed E-state index contributed by atoms with van der Waals surface area (Å²) in [7, 11) is 0.342. The van der Waals surface area contributed by atoms with Crippen molar-refractivity contribution in [1.29, 1.82) is 0 Å². The molecule has 2 aromatic heterocycles. The van der Waals surface area contributed by atoms with Crippen molar-refractivity contribution < 1.29 is 8.95 Å². The summed E-state index contributed by atoms with van der Waals surface area (Å²) in [4.78, 5) is 8.87. The Morgan fingerprint density at radius 2 is 2.12 bits per heavy atom. The van der Waals surface area contributed by atoms with Crippen LogP contribution in [0.5, 0.6) is 5.75 Å². The maximum Gasteiger partial charge on any atom is 0.225 e. The molecule has 0 bridgehead atoms. The van der Waals surface area contributed by atoms with E-state index in [4.69, 9.17) is 9.88 Å². The molecule has 9 nitrogen and oxygen atoms in total. The summed E-state index contributed by atoms with van der Waals surface area (Å²) in [5.41, 5.74) is 2.06. The van der Waals surface area contributed by atoms with Gasteiger partial charge in [0.15, 0.2) is 11.2 Å². The minimum absolute atomic E-state index is 0.0303. The zero-order valence-corrected chi connectivity index (χ0v) is 15.0. The quantitative estimate of drug-likeness (QED) is 0.688. The van der Waals surface area contributed by atoms with Crippen molar-refractivity contribution in [3.63, 3.8) is 0 Å². The lowest BCUT2D eigenvalue weighted by molar-refractivity contribution is 0.414. The average Bonchev–Trinajstić information content (AvgIpc) is 3.29. The summed E-state index contributed by atoms with van der Waals surface area (Å²) in [6, 6.07) is 7.65. The van der Waals surface area contributed by atoms with Gasteiger partial charge in [0.1, 0.15) is 5.75 Å². The van der Waals surface area contributed by atoms with Crippen LogP contribution in [-0.2, 0) is 11.0 Å². The van der Waals surface area contributed by atoms with Gasteiger partial charge in [-0.15, -0.1) is 5.10 Å². The van der Waals surface area contributed by atoms with Gasteiger partial charge in [0, 0.05) is 6.04 Å². The number of methoxy groups -OCH3 is 1. The second-order valence-corrected chi connectivity index (χ2v) is 7.53. The lowest BCUT2D eigenvalue weighted by Gasteiger charge is -2.12. The first-order valence-corrected chi connectivity index (χ1v) is 9.56. The van der Waals surface area contributed by atoms with Gasteiger partial charge in [-0.2, -0.15) is 9.67 Å². The van der Waals surface area contributed by atoms with Crippen LogP contribution < -0.4 is 15.2 Å². The van der Waals surface area contributed by atoms with E-state index in [2.05, 4.69) is 25.6 Å². The summed E-state index contributed by atoms with van der Waals surface area (Å²) in [5.74, 6) is 1.27. The van der Waals surface area contributed by atoms with Gasteiger partial charge in [0.05, 0.1) is 35.2 Å². The molecule has 3 atom stereocenters. The molecule has 26 heavy (non-hydrogen) atoms. The number of ether oxygens (including phenoxy) is 1. The van der Waals surface area contributed by atoms with E-state index in [0.29, 0.717) is 17.1 Å². The molecule has 10 heteroatoms. The van der Waals surface area contributed by atoms with Crippen molar-refractivity contribution in [1.82, 2.24) is 25.0 Å². The molecule has 0 saturated heterocycles. The molecule has 1 aliphatic carbocycles. The fourth-order valence-corrected chi connectivity index (χ4v) is 3.95. The summed E-state index contributed by atoms with van der Waals surface area (Å²) in [5, 5.41) is 17.1. The predicted octanol–water partition coefficient (Wildman–Crippen LogP) is 1.17. The Balaban J connectivity index is 1.59. The summed E-state index contributed by atoms with van der Waals surface area (Å²) < 4.78 is 18.3. The van der Waals surface area contributed by atoms with Gasteiger partial charge in [-0.05, 0) is 43.5 Å². The SMILES string of the molecule is COc1ccc(-n2nnc3cnc(NC4CCC(S(N)=O)C4)nc32)cc1. The highest BCUT2D eigenvalue weighted by molar-refractivity contribution is 7.83. The van der Waals surface area contributed by atoms with Crippen LogP contribution >= 0.6 is 0 Å². The van der Waals surface area contributed by atoms with Crippen molar-refractivity contribution in [3.8, 4) is 11.4 Å². The molecule has 3 N–H and O–H groups in total. The molecule has 0 aliphatic heterocycles. The summed E-state index contributed by atoms with van der Waals surface area (Å²) in [6.45, 7) is 0. The number of nitrogens with one attached hydrogen (secondary N) is 1. The van der Waals surface area contributed by atoms with Crippen LogP contribution in [0.3, 0.4) is 0 Å². The molecule has 4 rings (SSSR count). The molecule has 0 amide bonds. The zero-order chi connectivity index (χ0) is 18.1. The molecule has 0 spiro atoms. The number of fused-ring (bicyclic) bond motifs is 1. The van der Waals surface area contributed by atoms with Gasteiger partial charge in [-0.25, -0.2) is 9.19 Å². The maximum absolute atomic E-state index is 11.4. The third kappa shape index (κ3) is 3.25. The molecule has 2 heterocycles. The lowest BCUT2D eigenvalue weighted by atomic mass is 10.2. The smallest absolute Gasteiger partial charge is 0.225 e. The highest BCUT2D eigenvalue weighted by atomic mass is 32.2. The van der Waals surface area contributed by atoms with Crippen LogP contribution in [0, 0.1) is 0 Å². The molecule has 3 aromatic rings. The normalized spacial score (nSPS) is 21.0. The Morgan fingerprint density at radius 1 is 1.31 bits per heavy atom. The second-order valence-electron chi connectivity index (χ2n) is 6.21. The number of hydrogen-bond donors (Lipinski definition) is 2. The number of nitrogens with two attached hydrogens (primary N) is 1. The average molecular weight is 373 g/mol. The van der Waals surface area contributed by atoms with Gasteiger partial charge in [0.25, 0.3) is 0 Å². The number of anilines is 1. The van der Waals surface area contributed by atoms with Crippen LogP contribution in [0.1, 0.15) is 19.3 Å². The van der Waals surface area contributed by atoms with Crippen molar-refractivity contribution in [2.75, 3.05) is 12.4 Å². The highest BCUT2D eigenvalue weighted by Gasteiger charge is 2.28. The Kier molecular flexibility index (Phi) is 4.51. The molecule has 136 valence electrons. The van der Waals surface area contributed by atoms with E-state index in [1.807, 2.05) is 24.3 Å². The fourth-order valence-electron chi connectivity index (χ4n) is 3.16. The Hall–Kier alpha value is -2.59. The van der Waals surface area contributed by atoms with Crippen molar-refractivity contribution in [2.45, 2.75) is 30.6 Å². The summed E-state index contributed by atoms with van der Waals surface area (Å²) in [6.07, 6.45) is 4.13. The van der Waals surface area contributed by atoms with Crippen LogP contribution in [0.25, 0.3) is 16.9 Å². The minimum atomic E-state index is -1.28. The van der Waals surface area contributed by atoms with Gasteiger partial charge in [-0.1, -0.05) is 5.21 Å². The van der Waals surface area contributed by atoms with Crippen molar-refractivity contribution >= 4 is 28.1 Å². The van der Waals surface area contributed by atoms with E-state index in [1.165, 1.54) is 0 Å². The van der Waals surface area contributed by atoms with Gasteiger partial charge in [-0.3, -0.25) is 5.14 Å². The molecular formula is C16H19N7O2S. The molecule has 1 saturated carbocycles. The largest absolute Gasteiger partial charge is 0.497 e. The van der Waals surface area contributed by atoms with Gasteiger partial charge >= 0.3 is 0 Å². The molecule has 1 fully saturated rings. The third-order valence-electron chi connectivity index (χ3n) is 4.56. The van der Waals surface area contributed by atoms with E-state index >= 15 is 0 Å². The van der Waals surface area contributed by atoms with Gasteiger partial charge < -0.3 is 10.1 Å². The summed E-state index contributed by atoms with van der Waals surface area (Å²) >= 11 is 0. The molecule has 0 radical (unpaired) electrons. The second kappa shape index (κ2) is 6.96. The molecular weight excluding hydrogens is 354 g/mol. The number of nitrogens with zero attached hydrogens (tertiary/aromatic N) is 5. The van der Waals surface area contributed by atoms with Gasteiger partial charge in [0.2, 0.25) is 5.95 Å². The molecule has 1 aliphatic rings. The van der Waals surface area contributed by atoms with E-state index in [0.717, 1.165) is 30.7 Å². The third-order valence-corrected chi connectivity index (χ3v) is 5.64. The standard InChI is InChI=1S/C16H19N7O2S/c1-25-12-5-3-11(4-6-12)23-15-14(21-22-23)9-18-16(20-15)19-10-2-7-13(8-10)26(17)24/h3-6,9-10,13H,2,7-8,17H2,1H3,(H,18,19,20). The first kappa shape index (κ1) is 16.9. The van der Waals surface area contributed by atoms with E-state index < -0.39 is 11.0 Å². The number of aromatic nitrogens is 5. The number of rotatable bonds is 5. The zero-order valence-electron chi connectivity index (χ0n) is 14.2. The topological polar surface area (TPSA) is 121 Å². The Bertz CT molecular complexity index is 943. The number of benzene rings is 1. The van der Waals surface area contributed by atoms with E-state index in [1.54, 1.807) is 18.0 Å². The van der Waals surface area contributed by atoms with Crippen molar-refractivity contribution in [2.24, 2.45) is 5.14 Å². The van der Waals surface area contributed by atoms with Crippen LogP contribution in [0.4, 0.5) is 5.95 Å². The molecule has 3 unspecified atom stereocenters. The Labute approximate surface area is 152 Å². The lowest BCUT2D eigenvalue weighted by Crippen LogP contribution is -2.22. The molecule has 1 aromatic carbocycles. The maximum atomic E-state index is 11.4. The van der Waals surface area contributed by atoms with E-state index in [-0.39, 0.29) is 11.3 Å². The predicted molar refractivity (Wildman–Crippen MR) is 98.4 cm³/mol.